The predicted octanol–water partition coefficient (Wildman–Crippen LogP) is 1.14. The predicted molar refractivity (Wildman–Crippen MR) is 52.6 cm³/mol. The molecule has 0 spiro atoms. The van der Waals surface area contributed by atoms with Crippen molar-refractivity contribution in [3.05, 3.63) is 35.4 Å². The van der Waals surface area contributed by atoms with Crippen molar-refractivity contribution in [1.82, 2.24) is 0 Å². The van der Waals surface area contributed by atoms with Crippen LogP contribution in [0.25, 0.3) is 0 Å². The van der Waals surface area contributed by atoms with Gasteiger partial charge in [0.15, 0.2) is 0 Å². The Morgan fingerprint density at radius 2 is 1.69 bits per heavy atom. The minimum absolute atomic E-state index is 0.190. The molecule has 1 aromatic carbocycles. The maximum Gasteiger partial charge on any atom is 0.0552 e. The molecule has 0 aliphatic heterocycles. The average Bonchev–Trinajstić information content (AvgIpc) is 2.08. The van der Waals surface area contributed by atoms with Gasteiger partial charge in [-0.25, -0.2) is 0 Å². The van der Waals surface area contributed by atoms with Crippen LogP contribution in [0.15, 0.2) is 24.3 Å². The third-order valence-electron chi connectivity index (χ3n) is 1.95. The fourth-order valence-corrected chi connectivity index (χ4v) is 1.31. The molecule has 1 atom stereocenters. The standard InChI is InChI=1S/C11H16O2/c1-9(13)8-11-4-2-10(3-5-11)6-7-12/h2-5,9,12-13H,6-8H2,1H3. The first kappa shape index (κ1) is 10.2. The molecule has 0 bridgehead atoms. The van der Waals surface area contributed by atoms with Gasteiger partial charge in [-0.05, 0) is 30.9 Å². The molecule has 1 rings (SSSR count). The van der Waals surface area contributed by atoms with E-state index in [0.29, 0.717) is 12.8 Å². The fraction of sp³-hybridized carbons (Fsp3) is 0.455. The Labute approximate surface area is 78.8 Å². The van der Waals surface area contributed by atoms with Gasteiger partial charge >= 0.3 is 0 Å². The van der Waals surface area contributed by atoms with E-state index in [1.165, 1.54) is 0 Å². The number of rotatable bonds is 4. The quantitative estimate of drug-likeness (QED) is 0.729. The zero-order chi connectivity index (χ0) is 9.68. The second-order valence-corrected chi connectivity index (χ2v) is 3.34. The van der Waals surface area contributed by atoms with Crippen LogP contribution in [0, 0.1) is 0 Å². The number of hydrogen-bond donors (Lipinski definition) is 2. The van der Waals surface area contributed by atoms with Crippen molar-refractivity contribution in [2.24, 2.45) is 0 Å². The highest BCUT2D eigenvalue weighted by Crippen LogP contribution is 2.07. The summed E-state index contributed by atoms with van der Waals surface area (Å²) in [7, 11) is 0. The van der Waals surface area contributed by atoms with Gasteiger partial charge in [-0.15, -0.1) is 0 Å². The molecule has 2 heteroatoms. The molecule has 0 amide bonds. The highest BCUT2D eigenvalue weighted by Gasteiger charge is 1.98. The first-order valence-corrected chi connectivity index (χ1v) is 4.59. The van der Waals surface area contributed by atoms with E-state index in [4.69, 9.17) is 10.2 Å². The van der Waals surface area contributed by atoms with Gasteiger partial charge in [0.05, 0.1) is 6.10 Å². The van der Waals surface area contributed by atoms with E-state index in [2.05, 4.69) is 0 Å². The highest BCUT2D eigenvalue weighted by atomic mass is 16.3. The molecule has 0 aliphatic carbocycles. The van der Waals surface area contributed by atoms with Crippen LogP contribution in [0.1, 0.15) is 18.1 Å². The third kappa shape index (κ3) is 3.57. The summed E-state index contributed by atoms with van der Waals surface area (Å²) in [4.78, 5) is 0. The molecule has 0 saturated heterocycles. The van der Waals surface area contributed by atoms with E-state index in [9.17, 15) is 0 Å². The maximum absolute atomic E-state index is 9.14. The van der Waals surface area contributed by atoms with Gasteiger partial charge < -0.3 is 10.2 Å². The lowest BCUT2D eigenvalue weighted by molar-refractivity contribution is 0.195. The van der Waals surface area contributed by atoms with Crippen LogP contribution >= 0.6 is 0 Å². The molecular weight excluding hydrogens is 164 g/mol. The zero-order valence-electron chi connectivity index (χ0n) is 7.90. The first-order chi connectivity index (χ1) is 6.22. The minimum atomic E-state index is -0.288. The fourth-order valence-electron chi connectivity index (χ4n) is 1.31. The Hall–Kier alpha value is -0.860. The molecular formula is C11H16O2. The van der Waals surface area contributed by atoms with Crippen molar-refractivity contribution in [2.45, 2.75) is 25.9 Å². The van der Waals surface area contributed by atoms with Crippen molar-refractivity contribution in [3.63, 3.8) is 0 Å². The number of aliphatic hydroxyl groups is 2. The third-order valence-corrected chi connectivity index (χ3v) is 1.95. The van der Waals surface area contributed by atoms with Crippen LogP contribution in [-0.2, 0) is 12.8 Å². The Bertz CT molecular complexity index is 239. The Kier molecular flexibility index (Phi) is 3.93. The lowest BCUT2D eigenvalue weighted by Crippen LogP contribution is -2.04. The number of benzene rings is 1. The van der Waals surface area contributed by atoms with E-state index in [1.54, 1.807) is 6.92 Å². The van der Waals surface area contributed by atoms with Gasteiger partial charge in [0.1, 0.15) is 0 Å². The average molecular weight is 180 g/mol. The molecule has 0 heterocycles. The Balaban J connectivity index is 2.59. The van der Waals surface area contributed by atoms with Gasteiger partial charge in [-0.3, -0.25) is 0 Å². The molecule has 0 aromatic heterocycles. The highest BCUT2D eigenvalue weighted by molar-refractivity contribution is 5.23. The van der Waals surface area contributed by atoms with E-state index in [1.807, 2.05) is 24.3 Å². The summed E-state index contributed by atoms with van der Waals surface area (Å²) in [6.45, 7) is 1.97. The second kappa shape index (κ2) is 5.00. The van der Waals surface area contributed by atoms with Crippen molar-refractivity contribution in [2.75, 3.05) is 6.61 Å². The van der Waals surface area contributed by atoms with Gasteiger partial charge in [0, 0.05) is 6.61 Å². The molecule has 72 valence electrons. The van der Waals surface area contributed by atoms with Gasteiger partial charge in [-0.1, -0.05) is 24.3 Å². The molecule has 13 heavy (non-hydrogen) atoms. The van der Waals surface area contributed by atoms with E-state index in [-0.39, 0.29) is 12.7 Å². The summed E-state index contributed by atoms with van der Waals surface area (Å²) < 4.78 is 0. The van der Waals surface area contributed by atoms with Crippen molar-refractivity contribution < 1.29 is 10.2 Å². The van der Waals surface area contributed by atoms with Crippen LogP contribution in [-0.4, -0.2) is 22.9 Å². The normalized spacial score (nSPS) is 12.8. The Morgan fingerprint density at radius 1 is 1.15 bits per heavy atom. The summed E-state index contributed by atoms with van der Waals surface area (Å²) in [5.41, 5.74) is 2.27. The summed E-state index contributed by atoms with van der Waals surface area (Å²) >= 11 is 0. The van der Waals surface area contributed by atoms with E-state index < -0.39 is 0 Å². The molecule has 1 unspecified atom stereocenters. The second-order valence-electron chi connectivity index (χ2n) is 3.34. The molecule has 0 aliphatic rings. The minimum Gasteiger partial charge on any atom is -0.396 e. The van der Waals surface area contributed by atoms with Crippen LogP contribution in [0.3, 0.4) is 0 Å². The molecule has 0 saturated carbocycles. The van der Waals surface area contributed by atoms with Gasteiger partial charge in [-0.2, -0.15) is 0 Å². The summed E-state index contributed by atoms with van der Waals surface area (Å²) in [5.74, 6) is 0. The molecule has 2 nitrogen and oxygen atoms in total. The van der Waals surface area contributed by atoms with Crippen LogP contribution in [0.5, 0.6) is 0 Å². The van der Waals surface area contributed by atoms with Gasteiger partial charge in [0.2, 0.25) is 0 Å². The summed E-state index contributed by atoms with van der Waals surface area (Å²) in [6.07, 6.45) is 1.11. The number of hydrogen-bond acceptors (Lipinski definition) is 2. The number of aliphatic hydroxyl groups excluding tert-OH is 2. The SMILES string of the molecule is CC(O)Cc1ccc(CCO)cc1. The zero-order valence-corrected chi connectivity index (χ0v) is 7.90. The lowest BCUT2D eigenvalue weighted by Gasteiger charge is -2.05. The summed E-state index contributed by atoms with van der Waals surface area (Å²) in [5, 5.41) is 17.8. The summed E-state index contributed by atoms with van der Waals surface area (Å²) in [6, 6.07) is 7.98. The maximum atomic E-state index is 9.14. The van der Waals surface area contributed by atoms with Gasteiger partial charge in [0.25, 0.3) is 0 Å². The topological polar surface area (TPSA) is 40.5 Å². The lowest BCUT2D eigenvalue weighted by atomic mass is 10.1. The Morgan fingerprint density at radius 3 is 2.15 bits per heavy atom. The molecule has 2 N–H and O–H groups in total. The molecule has 0 radical (unpaired) electrons. The van der Waals surface area contributed by atoms with E-state index in [0.717, 1.165) is 11.1 Å². The monoisotopic (exact) mass is 180 g/mol. The van der Waals surface area contributed by atoms with Crippen LogP contribution in [0.2, 0.25) is 0 Å². The molecule has 1 aromatic rings. The van der Waals surface area contributed by atoms with Crippen molar-refractivity contribution in [1.29, 1.82) is 0 Å². The molecule has 0 fully saturated rings. The first-order valence-electron chi connectivity index (χ1n) is 4.59. The smallest absolute Gasteiger partial charge is 0.0552 e. The van der Waals surface area contributed by atoms with Crippen molar-refractivity contribution in [3.8, 4) is 0 Å². The van der Waals surface area contributed by atoms with Crippen LogP contribution in [0.4, 0.5) is 0 Å². The largest absolute Gasteiger partial charge is 0.396 e. The van der Waals surface area contributed by atoms with E-state index >= 15 is 0 Å². The van der Waals surface area contributed by atoms with Crippen molar-refractivity contribution >= 4 is 0 Å². The van der Waals surface area contributed by atoms with Crippen LogP contribution < -0.4 is 0 Å².